The number of rotatable bonds is 4. The fourth-order valence-corrected chi connectivity index (χ4v) is 7.99. The Hall–Kier alpha value is -5.55. The minimum absolute atomic E-state index is 0. The molecule has 265 valence electrons. The summed E-state index contributed by atoms with van der Waals surface area (Å²) in [4.78, 5) is 9.44. The van der Waals surface area contributed by atoms with E-state index < -0.39 is 0 Å². The number of para-hydroxylation sites is 1. The van der Waals surface area contributed by atoms with Gasteiger partial charge in [0.25, 0.3) is 0 Å². The van der Waals surface area contributed by atoms with Crippen LogP contribution in [0.3, 0.4) is 0 Å². The van der Waals surface area contributed by atoms with Crippen LogP contribution in [0, 0.1) is 60.6 Å². The van der Waals surface area contributed by atoms with Crippen LogP contribution < -0.4 is 0 Å². The predicted octanol–water partition coefficient (Wildman–Crippen LogP) is 11.4. The Morgan fingerprint density at radius 1 is 0.642 bits per heavy atom. The molecule has 0 amide bonds. The third-order valence-electron chi connectivity index (χ3n) is 10.1. The van der Waals surface area contributed by atoms with Crippen molar-refractivity contribution in [3.63, 3.8) is 0 Å². The van der Waals surface area contributed by atoms with Crippen LogP contribution in [-0.4, -0.2) is 23.5 Å². The molecule has 0 saturated heterocycles. The predicted molar refractivity (Wildman–Crippen MR) is 215 cm³/mol. The van der Waals surface area contributed by atoms with Crippen LogP contribution in [0.4, 0.5) is 0 Å². The van der Waals surface area contributed by atoms with Gasteiger partial charge in [-0.1, -0.05) is 64.9 Å². The molecule has 4 heterocycles. The van der Waals surface area contributed by atoms with E-state index in [-0.39, 0.29) is 20.1 Å². The second-order valence-corrected chi connectivity index (χ2v) is 13.8. The summed E-state index contributed by atoms with van der Waals surface area (Å²) in [5, 5.41) is 3.45. The summed E-state index contributed by atoms with van der Waals surface area (Å²) in [5.41, 5.74) is 16.6. The van der Waals surface area contributed by atoms with Crippen LogP contribution in [-0.2, 0) is 20.1 Å². The topological polar surface area (TPSA) is 40.0 Å². The number of imidazole rings is 2. The van der Waals surface area contributed by atoms with Crippen LogP contribution in [0.2, 0.25) is 0 Å². The summed E-state index contributed by atoms with van der Waals surface area (Å²) >= 11 is 0. The summed E-state index contributed by atoms with van der Waals surface area (Å²) in [6.45, 7) is 15.1. The first-order chi connectivity index (χ1) is 25.2. The van der Waals surface area contributed by atoms with Crippen molar-refractivity contribution in [2.45, 2.75) is 48.5 Å². The van der Waals surface area contributed by atoms with Gasteiger partial charge in [0, 0.05) is 66.9 Å². The molecule has 1 radical (unpaired) electrons. The zero-order valence-electron chi connectivity index (χ0n) is 31.1. The molecule has 0 aliphatic carbocycles. The maximum absolute atomic E-state index is 4.95. The molecule has 0 N–H and O–H groups in total. The van der Waals surface area contributed by atoms with Crippen molar-refractivity contribution < 1.29 is 20.1 Å². The molecule has 4 aromatic heterocycles. The van der Waals surface area contributed by atoms with Gasteiger partial charge in [-0.3, -0.25) is 9.97 Å². The molecule has 9 aromatic rings. The maximum Gasteiger partial charge on any atom is 0.0639 e. The average molecular weight is 868 g/mol. The first kappa shape index (κ1) is 35.8. The van der Waals surface area contributed by atoms with E-state index in [1.165, 1.54) is 66.9 Å². The van der Waals surface area contributed by atoms with Gasteiger partial charge in [-0.15, -0.1) is 54.1 Å². The summed E-state index contributed by atoms with van der Waals surface area (Å²) in [7, 11) is 0. The molecule has 0 aliphatic rings. The fourth-order valence-electron chi connectivity index (χ4n) is 7.99. The Bertz CT molecular complexity index is 2700. The molecular weight excluding hydrogens is 827 g/mol. The number of fused-ring (bicyclic) bond motifs is 6. The molecule has 0 unspecified atom stereocenters. The molecular formula is C47H41IrN5-2. The zero-order chi connectivity index (χ0) is 36.1. The van der Waals surface area contributed by atoms with Gasteiger partial charge < -0.3 is 13.5 Å². The SMILES string of the molecule is Cc1cc(C)c(-n2ccnc2-c2[c-]cccc2)c(C)c1.Cc1cccc(C)c1-c1cnc2c3[c-]ccc(-n4c(C)ccc4C)c3c3ccccc3n12.[Ir]. The van der Waals surface area contributed by atoms with Crippen molar-refractivity contribution >= 4 is 27.3 Å². The van der Waals surface area contributed by atoms with Gasteiger partial charge in [0.1, 0.15) is 0 Å². The molecule has 5 nitrogen and oxygen atoms in total. The van der Waals surface area contributed by atoms with E-state index in [0.717, 1.165) is 33.6 Å². The van der Waals surface area contributed by atoms with Crippen molar-refractivity contribution in [2.75, 3.05) is 0 Å². The Balaban J connectivity index is 0.000000179. The quantitative estimate of drug-likeness (QED) is 0.131. The zero-order valence-corrected chi connectivity index (χ0v) is 33.5. The first-order valence-corrected chi connectivity index (χ1v) is 17.8. The van der Waals surface area contributed by atoms with Gasteiger partial charge in [0.05, 0.1) is 17.2 Å². The van der Waals surface area contributed by atoms with Crippen molar-refractivity contribution in [2.24, 2.45) is 0 Å². The van der Waals surface area contributed by atoms with Crippen LogP contribution in [0.25, 0.3) is 61.3 Å². The Morgan fingerprint density at radius 3 is 2.04 bits per heavy atom. The van der Waals surface area contributed by atoms with Crippen molar-refractivity contribution in [1.82, 2.24) is 23.5 Å². The normalized spacial score (nSPS) is 11.2. The number of hydrogen-bond donors (Lipinski definition) is 0. The van der Waals surface area contributed by atoms with E-state index in [0.29, 0.717) is 0 Å². The number of aromatic nitrogens is 5. The fraction of sp³-hybridized carbons (Fsp3) is 0.149. The Morgan fingerprint density at radius 2 is 1.34 bits per heavy atom. The second kappa shape index (κ2) is 14.5. The second-order valence-electron chi connectivity index (χ2n) is 13.8. The van der Waals surface area contributed by atoms with Crippen LogP contribution in [0.1, 0.15) is 39.2 Å². The van der Waals surface area contributed by atoms with Crippen molar-refractivity contribution in [3.8, 4) is 34.0 Å². The van der Waals surface area contributed by atoms with Crippen LogP contribution in [0.15, 0.2) is 122 Å². The minimum Gasteiger partial charge on any atom is -0.340 e. The van der Waals surface area contributed by atoms with Crippen molar-refractivity contribution in [3.05, 3.63) is 173 Å². The minimum atomic E-state index is 0. The van der Waals surface area contributed by atoms with E-state index in [2.05, 4.69) is 152 Å². The van der Waals surface area contributed by atoms with Gasteiger partial charge in [-0.05, 0) is 100.0 Å². The Kier molecular flexibility index (Phi) is 9.78. The smallest absolute Gasteiger partial charge is 0.0639 e. The molecule has 9 rings (SSSR count). The molecule has 6 heteroatoms. The van der Waals surface area contributed by atoms with Gasteiger partial charge in [0.2, 0.25) is 0 Å². The van der Waals surface area contributed by atoms with Gasteiger partial charge >= 0.3 is 0 Å². The maximum atomic E-state index is 4.95. The number of benzene rings is 5. The standard InChI is InChI=1S/C29H24N3.C18H17N2.Ir/c1-18-9-7-10-19(2)27(18)26-17-30-29-23-12-8-14-25(31-20(3)15-16-21(31)4)28(23)22-11-5-6-13-24(22)32(26)29;1-13-11-14(2)17(15(3)12-13)20-10-9-19-18(20)16-7-5-4-6-8-16;/h5-11,13-17H,1-4H3;4-7,9-12H,1-3H3;/q2*-1;. The molecule has 0 fully saturated rings. The first-order valence-electron chi connectivity index (χ1n) is 17.8. The third kappa shape index (κ3) is 6.22. The number of nitrogens with zero attached hydrogens (tertiary/aromatic N) is 5. The summed E-state index contributed by atoms with van der Waals surface area (Å²) in [6, 6.07) is 42.8. The summed E-state index contributed by atoms with van der Waals surface area (Å²) < 4.78 is 6.78. The molecule has 0 saturated carbocycles. The molecule has 0 aliphatic heterocycles. The van der Waals surface area contributed by atoms with Gasteiger partial charge in [-0.25, -0.2) is 0 Å². The van der Waals surface area contributed by atoms with Crippen LogP contribution >= 0.6 is 0 Å². The molecule has 0 bridgehead atoms. The molecule has 5 aromatic carbocycles. The molecule has 0 atom stereocenters. The third-order valence-corrected chi connectivity index (χ3v) is 10.1. The largest absolute Gasteiger partial charge is 0.340 e. The average Bonchev–Trinajstić information content (AvgIpc) is 3.88. The molecule has 53 heavy (non-hydrogen) atoms. The van der Waals surface area contributed by atoms with Crippen LogP contribution in [0.5, 0.6) is 0 Å². The summed E-state index contributed by atoms with van der Waals surface area (Å²) in [5.74, 6) is 0.931. The molecule has 0 spiro atoms. The van der Waals surface area contributed by atoms with E-state index >= 15 is 0 Å². The number of pyridine rings is 1. The van der Waals surface area contributed by atoms with E-state index in [1.54, 1.807) is 0 Å². The van der Waals surface area contributed by atoms with Gasteiger partial charge in [0.15, 0.2) is 0 Å². The van der Waals surface area contributed by atoms with E-state index in [1.807, 2.05) is 48.9 Å². The van der Waals surface area contributed by atoms with Gasteiger partial charge in [-0.2, -0.15) is 0 Å². The number of aryl methyl sites for hydroxylation is 7. The van der Waals surface area contributed by atoms with E-state index in [4.69, 9.17) is 4.98 Å². The number of hydrogen-bond acceptors (Lipinski definition) is 2. The van der Waals surface area contributed by atoms with E-state index in [9.17, 15) is 0 Å². The summed E-state index contributed by atoms with van der Waals surface area (Å²) in [6.07, 6.45) is 5.87. The Labute approximate surface area is 325 Å². The monoisotopic (exact) mass is 868 g/mol. The van der Waals surface area contributed by atoms with Crippen molar-refractivity contribution in [1.29, 1.82) is 0 Å².